The molecule has 7 heteroatoms. The Morgan fingerprint density at radius 1 is 1.22 bits per heavy atom. The van der Waals surface area contributed by atoms with Crippen LogP contribution in [-0.2, 0) is 16.1 Å². The number of amides is 2. The molecular formula is C20H29N3O3S. The minimum absolute atomic E-state index is 0.0254. The lowest BCUT2D eigenvalue weighted by Gasteiger charge is -2.43. The van der Waals surface area contributed by atoms with E-state index in [1.807, 2.05) is 17.2 Å². The Labute approximate surface area is 164 Å². The molecule has 27 heavy (non-hydrogen) atoms. The molecule has 2 unspecified atom stereocenters. The highest BCUT2D eigenvalue weighted by molar-refractivity contribution is 7.99. The number of thioether (sulfide) groups is 1. The number of carbonyl (C=O) groups excluding carboxylic acids is 2. The molecule has 0 aliphatic carbocycles. The molecule has 2 bridgehead atoms. The molecule has 1 saturated heterocycles. The predicted octanol–water partition coefficient (Wildman–Crippen LogP) is 2.53. The number of nitrogens with one attached hydrogen (secondary N) is 1. The maximum atomic E-state index is 12.8. The van der Waals surface area contributed by atoms with Crippen molar-refractivity contribution in [2.75, 3.05) is 30.4 Å². The molecule has 1 aromatic heterocycles. The standard InChI is InChI=1S/C20H29N3O3S/c1-20(2,3)8-18(25)22-9-13-7-14(11-22)16-6-5-15(19(26)23(16)10-13)21-17(24)12-27-4/h5-6,13-14H,7-12H2,1-4H3,(H,21,24). The molecule has 2 atom stereocenters. The number of carbonyl (C=O) groups is 2. The number of likely N-dealkylation sites (tertiary alicyclic amines) is 1. The predicted molar refractivity (Wildman–Crippen MR) is 109 cm³/mol. The molecule has 1 N–H and O–H groups in total. The van der Waals surface area contributed by atoms with Crippen LogP contribution in [0.2, 0.25) is 0 Å². The van der Waals surface area contributed by atoms with Crippen molar-refractivity contribution in [3.63, 3.8) is 0 Å². The average Bonchev–Trinajstić information content (AvgIpc) is 2.56. The maximum absolute atomic E-state index is 12.8. The van der Waals surface area contributed by atoms with E-state index in [1.165, 1.54) is 11.8 Å². The second-order valence-corrected chi connectivity index (χ2v) is 9.77. The minimum atomic E-state index is -0.157. The molecule has 3 heterocycles. The fraction of sp³-hybridized carbons (Fsp3) is 0.650. The van der Waals surface area contributed by atoms with Gasteiger partial charge >= 0.3 is 0 Å². The van der Waals surface area contributed by atoms with Gasteiger partial charge < -0.3 is 14.8 Å². The van der Waals surface area contributed by atoms with Crippen LogP contribution in [0.25, 0.3) is 0 Å². The van der Waals surface area contributed by atoms with Crippen LogP contribution in [0.4, 0.5) is 5.69 Å². The van der Waals surface area contributed by atoms with Gasteiger partial charge in [0.05, 0.1) is 5.75 Å². The molecule has 2 aliphatic rings. The quantitative estimate of drug-likeness (QED) is 0.856. The summed E-state index contributed by atoms with van der Waals surface area (Å²) in [5.41, 5.74) is 1.17. The van der Waals surface area contributed by atoms with Gasteiger partial charge in [0.15, 0.2) is 0 Å². The first kappa shape index (κ1) is 20.0. The van der Waals surface area contributed by atoms with Gasteiger partial charge in [-0.1, -0.05) is 20.8 Å². The van der Waals surface area contributed by atoms with Crippen LogP contribution in [0.1, 0.15) is 45.2 Å². The third kappa shape index (κ3) is 4.57. The van der Waals surface area contributed by atoms with Gasteiger partial charge in [-0.15, -0.1) is 0 Å². The number of hydrogen-bond acceptors (Lipinski definition) is 4. The Morgan fingerprint density at radius 3 is 2.63 bits per heavy atom. The van der Waals surface area contributed by atoms with E-state index in [0.717, 1.165) is 12.1 Å². The van der Waals surface area contributed by atoms with Gasteiger partial charge in [0.1, 0.15) is 5.69 Å². The van der Waals surface area contributed by atoms with E-state index in [1.54, 1.807) is 10.6 Å². The first-order valence-corrected chi connectivity index (χ1v) is 10.9. The SMILES string of the molecule is CSCC(=O)Nc1ccc2n(c1=O)CC1CC2CN(C(=O)CC(C)(C)C)C1. The van der Waals surface area contributed by atoms with Crippen LogP contribution in [0.5, 0.6) is 0 Å². The molecule has 0 aromatic carbocycles. The second-order valence-electron chi connectivity index (χ2n) is 8.90. The largest absolute Gasteiger partial charge is 0.342 e. The van der Waals surface area contributed by atoms with Crippen molar-refractivity contribution in [3.8, 4) is 0 Å². The summed E-state index contributed by atoms with van der Waals surface area (Å²) < 4.78 is 1.80. The minimum Gasteiger partial charge on any atom is -0.342 e. The Balaban J connectivity index is 1.80. The highest BCUT2D eigenvalue weighted by Crippen LogP contribution is 2.36. The number of piperidine rings is 1. The van der Waals surface area contributed by atoms with Gasteiger partial charge in [-0.05, 0) is 36.1 Å². The number of nitrogens with zero attached hydrogens (tertiary/aromatic N) is 2. The van der Waals surface area contributed by atoms with Gasteiger partial charge in [0, 0.05) is 37.7 Å². The molecule has 3 rings (SSSR count). The van der Waals surface area contributed by atoms with Crippen LogP contribution >= 0.6 is 11.8 Å². The van der Waals surface area contributed by atoms with Gasteiger partial charge in [-0.3, -0.25) is 14.4 Å². The highest BCUT2D eigenvalue weighted by Gasteiger charge is 2.37. The zero-order valence-corrected chi connectivity index (χ0v) is 17.4. The summed E-state index contributed by atoms with van der Waals surface area (Å²) in [5.74, 6) is 0.848. The van der Waals surface area contributed by atoms with Crippen LogP contribution in [0.15, 0.2) is 16.9 Å². The number of rotatable bonds is 4. The summed E-state index contributed by atoms with van der Waals surface area (Å²) in [6, 6.07) is 3.65. The fourth-order valence-corrected chi connectivity index (χ4v) is 4.46. The number of pyridine rings is 1. The van der Waals surface area contributed by atoms with E-state index in [-0.39, 0.29) is 34.6 Å². The number of aromatic nitrogens is 1. The van der Waals surface area contributed by atoms with Crippen molar-refractivity contribution in [3.05, 3.63) is 28.2 Å². The molecule has 148 valence electrons. The summed E-state index contributed by atoms with van der Waals surface area (Å²) in [6.45, 7) is 8.23. The van der Waals surface area contributed by atoms with Crippen LogP contribution in [-0.4, -0.2) is 46.4 Å². The smallest absolute Gasteiger partial charge is 0.274 e. The lowest BCUT2D eigenvalue weighted by Crippen LogP contribution is -2.49. The van der Waals surface area contributed by atoms with Crippen LogP contribution in [0, 0.1) is 11.3 Å². The van der Waals surface area contributed by atoms with Gasteiger partial charge in [-0.25, -0.2) is 0 Å². The lowest BCUT2D eigenvalue weighted by atomic mass is 9.82. The molecule has 1 aromatic rings. The van der Waals surface area contributed by atoms with Crippen molar-refractivity contribution in [2.24, 2.45) is 11.3 Å². The van der Waals surface area contributed by atoms with Gasteiger partial charge in [-0.2, -0.15) is 11.8 Å². The normalized spacial score (nSPS) is 21.6. The summed E-state index contributed by atoms with van der Waals surface area (Å²) in [6.07, 6.45) is 3.41. The zero-order chi connectivity index (χ0) is 19.8. The fourth-order valence-electron chi connectivity index (χ4n) is 4.13. The van der Waals surface area contributed by atoms with E-state index in [9.17, 15) is 14.4 Å². The Morgan fingerprint density at radius 2 is 1.96 bits per heavy atom. The molecule has 6 nitrogen and oxygen atoms in total. The van der Waals surface area contributed by atoms with E-state index < -0.39 is 0 Å². The monoisotopic (exact) mass is 391 g/mol. The number of fused-ring (bicyclic) bond motifs is 4. The zero-order valence-electron chi connectivity index (χ0n) is 16.6. The highest BCUT2D eigenvalue weighted by atomic mass is 32.2. The Hall–Kier alpha value is -1.76. The van der Waals surface area contributed by atoms with Crippen molar-refractivity contribution in [1.29, 1.82) is 0 Å². The summed E-state index contributed by atoms with van der Waals surface area (Å²) in [5, 5.41) is 2.72. The topological polar surface area (TPSA) is 71.4 Å². The first-order chi connectivity index (χ1) is 12.7. The molecule has 2 amide bonds. The summed E-state index contributed by atoms with van der Waals surface area (Å²) in [7, 11) is 0. The summed E-state index contributed by atoms with van der Waals surface area (Å²) >= 11 is 1.43. The molecule has 2 aliphatic heterocycles. The Kier molecular flexibility index (Phi) is 5.70. The third-order valence-electron chi connectivity index (χ3n) is 5.19. The van der Waals surface area contributed by atoms with E-state index in [2.05, 4.69) is 26.1 Å². The summed E-state index contributed by atoms with van der Waals surface area (Å²) in [4.78, 5) is 39.3. The Bertz CT molecular complexity index is 797. The average molecular weight is 392 g/mol. The first-order valence-electron chi connectivity index (χ1n) is 9.48. The lowest BCUT2D eigenvalue weighted by molar-refractivity contribution is -0.135. The molecule has 0 spiro atoms. The second kappa shape index (κ2) is 7.70. The number of hydrogen-bond donors (Lipinski definition) is 1. The van der Waals surface area contributed by atoms with E-state index in [0.29, 0.717) is 37.5 Å². The van der Waals surface area contributed by atoms with Crippen LogP contribution in [0.3, 0.4) is 0 Å². The van der Waals surface area contributed by atoms with Crippen molar-refractivity contribution in [2.45, 2.75) is 46.1 Å². The van der Waals surface area contributed by atoms with Crippen molar-refractivity contribution in [1.82, 2.24) is 9.47 Å². The maximum Gasteiger partial charge on any atom is 0.274 e. The molecular weight excluding hydrogens is 362 g/mol. The number of anilines is 1. The molecule has 0 saturated carbocycles. The van der Waals surface area contributed by atoms with Crippen molar-refractivity contribution >= 4 is 29.3 Å². The van der Waals surface area contributed by atoms with E-state index >= 15 is 0 Å². The van der Waals surface area contributed by atoms with Gasteiger partial charge in [0.2, 0.25) is 11.8 Å². The third-order valence-corrected chi connectivity index (χ3v) is 5.74. The molecule has 1 fully saturated rings. The van der Waals surface area contributed by atoms with Gasteiger partial charge in [0.25, 0.3) is 5.56 Å². The van der Waals surface area contributed by atoms with Crippen LogP contribution < -0.4 is 10.9 Å². The molecule has 0 radical (unpaired) electrons. The van der Waals surface area contributed by atoms with E-state index in [4.69, 9.17) is 0 Å². The van der Waals surface area contributed by atoms with Crippen molar-refractivity contribution < 1.29 is 9.59 Å².